The number of alkyl halides is 2. The molecule has 4 rings (SSSR count). The summed E-state index contributed by atoms with van der Waals surface area (Å²) in [6, 6.07) is 16.0. The van der Waals surface area contributed by atoms with E-state index in [0.29, 0.717) is 33.7 Å². The number of hydrogen-bond donors (Lipinski definition) is 2. The topological polar surface area (TPSA) is 94.9 Å². The van der Waals surface area contributed by atoms with Crippen LogP contribution < -0.4 is 22.2 Å². The molecule has 0 aliphatic rings. The van der Waals surface area contributed by atoms with E-state index in [-0.39, 0.29) is 11.1 Å². The molecule has 2 heterocycles. The third kappa shape index (κ3) is 5.00. The number of rotatable bonds is 3. The van der Waals surface area contributed by atoms with Crippen molar-refractivity contribution in [3.8, 4) is 5.69 Å². The molecule has 7 nitrogen and oxygen atoms in total. The number of anilines is 3. The number of aromatic nitrogens is 3. The Morgan fingerprint density at radius 2 is 1.66 bits per heavy atom. The molecule has 0 saturated heterocycles. The molecule has 0 radical (unpaired) electrons. The van der Waals surface area contributed by atoms with Crippen LogP contribution in [0.4, 0.5) is 26.0 Å². The Kier molecular flexibility index (Phi) is 6.67. The van der Waals surface area contributed by atoms with Crippen molar-refractivity contribution in [3.05, 3.63) is 87.1 Å². The summed E-state index contributed by atoms with van der Waals surface area (Å²) in [7, 11) is 1.67. The zero-order valence-electron chi connectivity index (χ0n) is 17.8. The number of hydrogen-bond acceptors (Lipinski definition) is 5. The van der Waals surface area contributed by atoms with E-state index in [1.807, 2.05) is 31.2 Å². The summed E-state index contributed by atoms with van der Waals surface area (Å²) in [5, 5.41) is 8.59. The molecule has 2 aromatic heterocycles. The van der Waals surface area contributed by atoms with Gasteiger partial charge in [0, 0.05) is 24.3 Å². The van der Waals surface area contributed by atoms with E-state index >= 15 is 0 Å². The van der Waals surface area contributed by atoms with Crippen molar-refractivity contribution in [2.45, 2.75) is 20.3 Å². The van der Waals surface area contributed by atoms with E-state index in [1.54, 1.807) is 43.6 Å². The third-order valence-electron chi connectivity index (χ3n) is 4.58. The van der Waals surface area contributed by atoms with Crippen LogP contribution in [0.5, 0.6) is 0 Å². The molecule has 0 atom stereocenters. The van der Waals surface area contributed by atoms with Crippen LogP contribution in [0.3, 0.4) is 0 Å². The normalized spacial score (nSPS) is 10.7. The number of benzene rings is 2. The minimum absolute atomic E-state index is 0.194. The quantitative estimate of drug-likeness (QED) is 0.471. The lowest BCUT2D eigenvalue weighted by Gasteiger charge is -2.13. The van der Waals surface area contributed by atoms with Gasteiger partial charge in [0.05, 0.1) is 11.1 Å². The van der Waals surface area contributed by atoms with Gasteiger partial charge in [0.15, 0.2) is 5.82 Å². The summed E-state index contributed by atoms with van der Waals surface area (Å²) >= 11 is 0. The van der Waals surface area contributed by atoms with Crippen molar-refractivity contribution in [2.24, 2.45) is 7.05 Å². The molecule has 2 aromatic carbocycles. The van der Waals surface area contributed by atoms with Crippen LogP contribution in [-0.2, 0) is 7.05 Å². The number of halogens is 2. The summed E-state index contributed by atoms with van der Waals surface area (Å²) in [6.45, 7) is 2.80. The van der Waals surface area contributed by atoms with Crippen LogP contribution in [0, 0.1) is 6.92 Å². The van der Waals surface area contributed by atoms with E-state index in [1.165, 1.54) is 9.25 Å². The highest BCUT2D eigenvalue weighted by molar-refractivity contribution is 5.94. The van der Waals surface area contributed by atoms with Gasteiger partial charge in [0.2, 0.25) is 6.43 Å². The van der Waals surface area contributed by atoms with Crippen molar-refractivity contribution in [2.75, 3.05) is 11.1 Å². The summed E-state index contributed by atoms with van der Waals surface area (Å²) in [5.74, 6) is 0.401. The van der Waals surface area contributed by atoms with Crippen LogP contribution in [0.15, 0.2) is 70.4 Å². The monoisotopic (exact) mass is 439 g/mol. The average Bonchev–Trinajstić information content (AvgIpc) is 2.73. The zero-order valence-corrected chi connectivity index (χ0v) is 17.8. The summed E-state index contributed by atoms with van der Waals surface area (Å²) < 4.78 is 23.5. The highest BCUT2D eigenvalue weighted by Crippen LogP contribution is 2.23. The SMILES string of the molecule is CC(F)F.Cc1ccc(-n2nc(Nc3cccn(C)c3=O)c3ccc(N)cc3c2=O)cc1. The Bertz CT molecular complexity index is 1360. The van der Waals surface area contributed by atoms with Crippen molar-refractivity contribution < 1.29 is 8.78 Å². The highest BCUT2D eigenvalue weighted by atomic mass is 19.3. The van der Waals surface area contributed by atoms with Crippen LogP contribution in [-0.4, -0.2) is 20.8 Å². The number of aryl methyl sites for hydroxylation is 2. The van der Waals surface area contributed by atoms with Gasteiger partial charge in [-0.05, 0) is 56.3 Å². The molecule has 0 bridgehead atoms. The lowest BCUT2D eigenvalue weighted by Crippen LogP contribution is -2.24. The van der Waals surface area contributed by atoms with Crippen molar-refractivity contribution >= 4 is 28.0 Å². The Morgan fingerprint density at radius 3 is 2.31 bits per heavy atom. The van der Waals surface area contributed by atoms with Crippen molar-refractivity contribution in [1.82, 2.24) is 14.3 Å². The number of pyridine rings is 1. The van der Waals surface area contributed by atoms with Gasteiger partial charge in [-0.3, -0.25) is 9.59 Å². The Hall–Kier alpha value is -4.01. The van der Waals surface area contributed by atoms with Crippen LogP contribution in [0.25, 0.3) is 16.5 Å². The van der Waals surface area contributed by atoms with E-state index in [9.17, 15) is 18.4 Å². The molecule has 0 saturated carbocycles. The van der Waals surface area contributed by atoms with Crippen LogP contribution >= 0.6 is 0 Å². The Balaban J connectivity index is 0.000000668. The number of nitrogen functional groups attached to an aromatic ring is 1. The minimum atomic E-state index is -2.17. The lowest BCUT2D eigenvalue weighted by molar-refractivity contribution is 0.171. The van der Waals surface area contributed by atoms with Crippen LogP contribution in [0.1, 0.15) is 12.5 Å². The van der Waals surface area contributed by atoms with Crippen molar-refractivity contribution in [1.29, 1.82) is 0 Å². The van der Waals surface area contributed by atoms with Gasteiger partial charge in [0.25, 0.3) is 11.1 Å². The van der Waals surface area contributed by atoms with Gasteiger partial charge >= 0.3 is 0 Å². The average molecular weight is 439 g/mol. The predicted octanol–water partition coefficient (Wildman–Crippen LogP) is 3.99. The molecule has 4 aromatic rings. The second kappa shape index (κ2) is 9.42. The smallest absolute Gasteiger partial charge is 0.279 e. The molecule has 32 heavy (non-hydrogen) atoms. The first kappa shape index (κ1) is 22.7. The number of fused-ring (bicyclic) bond motifs is 1. The number of nitrogens with one attached hydrogen (secondary N) is 1. The summed E-state index contributed by atoms with van der Waals surface area (Å²) in [5.41, 5.74) is 7.98. The fourth-order valence-corrected chi connectivity index (χ4v) is 3.03. The molecule has 0 fully saturated rings. The van der Waals surface area contributed by atoms with Gasteiger partial charge < -0.3 is 15.6 Å². The first-order chi connectivity index (χ1) is 15.2. The molecule has 3 N–H and O–H groups in total. The van der Waals surface area contributed by atoms with E-state index < -0.39 is 6.43 Å². The molecule has 0 aliphatic carbocycles. The zero-order chi connectivity index (χ0) is 23.4. The molecule has 0 aliphatic heterocycles. The molecule has 9 heteroatoms. The summed E-state index contributed by atoms with van der Waals surface area (Å²) in [4.78, 5) is 25.4. The fraction of sp³-hybridized carbons (Fsp3) is 0.174. The van der Waals surface area contributed by atoms with Crippen LogP contribution in [0.2, 0.25) is 0 Å². The maximum absolute atomic E-state index is 13.0. The number of nitrogens with zero attached hydrogens (tertiary/aromatic N) is 3. The lowest BCUT2D eigenvalue weighted by atomic mass is 10.1. The largest absolute Gasteiger partial charge is 0.399 e. The van der Waals surface area contributed by atoms with Gasteiger partial charge in [-0.15, -0.1) is 5.10 Å². The second-order valence-corrected chi connectivity index (χ2v) is 7.19. The standard InChI is InChI=1S/C21H19N5O2.C2H4F2/c1-13-5-8-15(9-6-13)26-20(27)17-12-14(22)7-10-16(17)19(24-26)23-18-4-3-11-25(2)21(18)28;1-2(3)4/h3-12H,22H2,1-2H3,(H,23,24);2H,1H3. The Labute approximate surface area is 182 Å². The molecular weight excluding hydrogens is 416 g/mol. The molecule has 166 valence electrons. The van der Waals surface area contributed by atoms with Crippen molar-refractivity contribution in [3.63, 3.8) is 0 Å². The van der Waals surface area contributed by atoms with Gasteiger partial charge in [-0.1, -0.05) is 17.7 Å². The van der Waals surface area contributed by atoms with Gasteiger partial charge in [-0.25, -0.2) is 8.78 Å². The van der Waals surface area contributed by atoms with E-state index in [2.05, 4.69) is 10.4 Å². The first-order valence-electron chi connectivity index (χ1n) is 9.78. The molecule has 0 spiro atoms. The molecule has 0 amide bonds. The highest BCUT2D eigenvalue weighted by Gasteiger charge is 2.14. The number of nitrogens with two attached hydrogens (primary N) is 1. The van der Waals surface area contributed by atoms with Gasteiger partial charge in [-0.2, -0.15) is 4.68 Å². The van der Waals surface area contributed by atoms with Gasteiger partial charge in [0.1, 0.15) is 5.69 Å². The Morgan fingerprint density at radius 1 is 1.00 bits per heavy atom. The first-order valence-corrected chi connectivity index (χ1v) is 9.78. The predicted molar refractivity (Wildman–Crippen MR) is 123 cm³/mol. The second-order valence-electron chi connectivity index (χ2n) is 7.19. The molecular formula is C23H23F2N5O2. The molecule has 0 unspecified atom stereocenters. The minimum Gasteiger partial charge on any atom is -0.399 e. The fourth-order valence-electron chi connectivity index (χ4n) is 3.03. The maximum atomic E-state index is 13.0. The maximum Gasteiger partial charge on any atom is 0.279 e. The van der Waals surface area contributed by atoms with E-state index in [0.717, 1.165) is 12.5 Å². The summed E-state index contributed by atoms with van der Waals surface area (Å²) in [6.07, 6.45) is -0.493. The third-order valence-corrected chi connectivity index (χ3v) is 4.58. The van der Waals surface area contributed by atoms with E-state index in [4.69, 9.17) is 5.73 Å².